The van der Waals surface area contributed by atoms with Crippen LogP contribution in [-0.2, 0) is 7.05 Å². The summed E-state index contributed by atoms with van der Waals surface area (Å²) in [7, 11) is 3.29. The molecular formula is C18H22N8O2. The number of nitrogens with zero attached hydrogens (tertiary/aromatic N) is 8. The van der Waals surface area contributed by atoms with Gasteiger partial charge in [0.15, 0.2) is 5.82 Å². The molecule has 3 aromatic heterocycles. The number of carbonyl (C=O) groups is 1. The molecule has 1 fully saturated rings. The number of aryl methyl sites for hydroxylation is 2. The van der Waals surface area contributed by atoms with E-state index in [4.69, 9.17) is 4.74 Å². The third kappa shape index (κ3) is 3.40. The zero-order valence-corrected chi connectivity index (χ0v) is 16.1. The van der Waals surface area contributed by atoms with E-state index in [2.05, 4.69) is 25.1 Å². The van der Waals surface area contributed by atoms with Gasteiger partial charge in [0.25, 0.3) is 5.91 Å². The van der Waals surface area contributed by atoms with Crippen LogP contribution in [0.15, 0.2) is 30.7 Å². The van der Waals surface area contributed by atoms with Gasteiger partial charge in [-0.15, -0.1) is 5.10 Å². The van der Waals surface area contributed by atoms with Crippen LogP contribution in [0.5, 0.6) is 5.88 Å². The van der Waals surface area contributed by atoms with Crippen molar-refractivity contribution in [1.29, 1.82) is 0 Å². The molecule has 0 aromatic carbocycles. The first-order valence-corrected chi connectivity index (χ1v) is 9.02. The maximum Gasteiger partial charge on any atom is 0.261 e. The molecule has 10 nitrogen and oxygen atoms in total. The van der Waals surface area contributed by atoms with E-state index >= 15 is 0 Å². The molecule has 10 heteroatoms. The highest BCUT2D eigenvalue weighted by Gasteiger charge is 2.27. The van der Waals surface area contributed by atoms with E-state index in [-0.39, 0.29) is 5.91 Å². The minimum absolute atomic E-state index is 0.0688. The van der Waals surface area contributed by atoms with Gasteiger partial charge in [0.2, 0.25) is 5.88 Å². The summed E-state index contributed by atoms with van der Waals surface area (Å²) < 4.78 is 8.52. The number of hydrogen-bond acceptors (Lipinski definition) is 7. The zero-order valence-electron chi connectivity index (χ0n) is 16.1. The summed E-state index contributed by atoms with van der Waals surface area (Å²) in [5.41, 5.74) is 0.484. The van der Waals surface area contributed by atoms with Crippen molar-refractivity contribution in [3.63, 3.8) is 0 Å². The molecule has 0 atom stereocenters. The van der Waals surface area contributed by atoms with E-state index in [1.54, 1.807) is 28.8 Å². The second-order valence-corrected chi connectivity index (χ2v) is 6.59. The molecule has 0 aliphatic carbocycles. The number of rotatable bonds is 4. The van der Waals surface area contributed by atoms with Gasteiger partial charge in [-0.1, -0.05) is 0 Å². The molecule has 28 heavy (non-hydrogen) atoms. The molecule has 1 aliphatic rings. The largest absolute Gasteiger partial charge is 0.479 e. The van der Waals surface area contributed by atoms with E-state index in [1.807, 2.05) is 30.2 Å². The lowest BCUT2D eigenvalue weighted by Crippen LogP contribution is -2.49. The summed E-state index contributed by atoms with van der Waals surface area (Å²) in [6.45, 7) is 4.42. The number of aromatic nitrogens is 6. The second kappa shape index (κ2) is 7.29. The monoisotopic (exact) mass is 382 g/mol. The smallest absolute Gasteiger partial charge is 0.261 e. The molecule has 0 N–H and O–H groups in total. The Bertz CT molecular complexity index is 974. The van der Waals surface area contributed by atoms with Crippen LogP contribution in [0.3, 0.4) is 0 Å². The normalized spacial score (nSPS) is 14.4. The third-order valence-electron chi connectivity index (χ3n) is 4.66. The van der Waals surface area contributed by atoms with Crippen LogP contribution < -0.4 is 9.64 Å². The summed E-state index contributed by atoms with van der Waals surface area (Å²) in [6, 6.07) is 3.77. The number of hydrogen-bond donors (Lipinski definition) is 0. The fourth-order valence-corrected chi connectivity index (χ4v) is 3.29. The summed E-state index contributed by atoms with van der Waals surface area (Å²) >= 11 is 0. The lowest BCUT2D eigenvalue weighted by Gasteiger charge is -2.35. The molecule has 0 spiro atoms. The first-order valence-electron chi connectivity index (χ1n) is 9.02. The molecular weight excluding hydrogens is 360 g/mol. The minimum Gasteiger partial charge on any atom is -0.479 e. The van der Waals surface area contributed by atoms with Gasteiger partial charge < -0.3 is 14.5 Å². The molecule has 0 radical (unpaired) electrons. The number of amides is 1. The highest BCUT2D eigenvalue weighted by Crippen LogP contribution is 2.21. The number of piperazine rings is 1. The van der Waals surface area contributed by atoms with E-state index in [9.17, 15) is 4.79 Å². The highest BCUT2D eigenvalue weighted by molar-refractivity contribution is 5.96. The van der Waals surface area contributed by atoms with Gasteiger partial charge in [-0.05, 0) is 13.0 Å². The Morgan fingerprint density at radius 1 is 1.14 bits per heavy atom. The molecule has 1 saturated heterocycles. The van der Waals surface area contributed by atoms with Crippen LogP contribution in [0.25, 0.3) is 5.82 Å². The highest BCUT2D eigenvalue weighted by atomic mass is 16.5. The maximum absolute atomic E-state index is 12.8. The number of carbonyl (C=O) groups excluding carboxylic acids is 1. The van der Waals surface area contributed by atoms with Crippen LogP contribution >= 0.6 is 0 Å². The van der Waals surface area contributed by atoms with Gasteiger partial charge in [0.1, 0.15) is 17.2 Å². The standard InChI is InChI=1S/C18H22N8O2/c1-13-20-15(11-16(21-13)26-6-4-5-19-26)24-7-9-25(10-8-24)18(27)14-12-23(2)22-17(14)28-3/h4-6,11-12H,7-10H2,1-3H3. The van der Waals surface area contributed by atoms with E-state index in [1.165, 1.54) is 7.11 Å². The lowest BCUT2D eigenvalue weighted by molar-refractivity contribution is 0.0743. The minimum atomic E-state index is -0.0688. The lowest BCUT2D eigenvalue weighted by atomic mass is 10.2. The van der Waals surface area contributed by atoms with Crippen molar-refractivity contribution < 1.29 is 9.53 Å². The molecule has 3 aromatic rings. The van der Waals surface area contributed by atoms with Crippen molar-refractivity contribution >= 4 is 11.7 Å². The van der Waals surface area contributed by atoms with Crippen LogP contribution in [0.2, 0.25) is 0 Å². The molecule has 4 heterocycles. The zero-order chi connectivity index (χ0) is 19.7. The number of anilines is 1. The quantitative estimate of drug-likeness (QED) is 0.655. The average Bonchev–Trinajstić information content (AvgIpc) is 3.36. The fourth-order valence-electron chi connectivity index (χ4n) is 3.29. The van der Waals surface area contributed by atoms with E-state index in [0.717, 1.165) is 11.6 Å². The molecule has 146 valence electrons. The fraction of sp³-hybridized carbons (Fsp3) is 0.389. The Morgan fingerprint density at radius 3 is 2.57 bits per heavy atom. The van der Waals surface area contributed by atoms with Crippen LogP contribution in [0.1, 0.15) is 16.2 Å². The topological polar surface area (TPSA) is 94.2 Å². The van der Waals surface area contributed by atoms with Crippen LogP contribution in [0.4, 0.5) is 5.82 Å². The molecule has 4 rings (SSSR count). The summed E-state index contributed by atoms with van der Waals surface area (Å²) in [5, 5.41) is 8.40. The number of methoxy groups -OCH3 is 1. The SMILES string of the molecule is COc1nn(C)cc1C(=O)N1CCN(c2cc(-n3cccn3)nc(C)n2)CC1. The van der Waals surface area contributed by atoms with Gasteiger partial charge in [0, 0.05) is 57.9 Å². The van der Waals surface area contributed by atoms with E-state index < -0.39 is 0 Å². The Labute approximate surface area is 162 Å². The van der Waals surface area contributed by atoms with Gasteiger partial charge in [0.05, 0.1) is 7.11 Å². The van der Waals surface area contributed by atoms with Crippen LogP contribution in [0, 0.1) is 6.92 Å². The van der Waals surface area contributed by atoms with Crippen molar-refractivity contribution in [1.82, 2.24) is 34.4 Å². The van der Waals surface area contributed by atoms with Gasteiger partial charge >= 0.3 is 0 Å². The molecule has 0 unspecified atom stereocenters. The molecule has 1 amide bonds. The van der Waals surface area contributed by atoms with Crippen molar-refractivity contribution in [3.8, 4) is 11.7 Å². The van der Waals surface area contributed by atoms with Crippen molar-refractivity contribution in [3.05, 3.63) is 42.1 Å². The predicted octanol–water partition coefficient (Wildman–Crippen LogP) is 0.675. The molecule has 1 aliphatic heterocycles. The summed E-state index contributed by atoms with van der Waals surface area (Å²) in [5.74, 6) is 2.53. The Hall–Kier alpha value is -3.43. The average molecular weight is 382 g/mol. The Kier molecular flexibility index (Phi) is 4.68. The molecule has 0 saturated carbocycles. The van der Waals surface area contributed by atoms with Crippen molar-refractivity contribution in [2.24, 2.45) is 7.05 Å². The summed E-state index contributed by atoms with van der Waals surface area (Å²) in [4.78, 5) is 25.8. The first kappa shape index (κ1) is 18.0. The van der Waals surface area contributed by atoms with Crippen LogP contribution in [-0.4, -0.2) is 73.6 Å². The second-order valence-electron chi connectivity index (χ2n) is 6.59. The summed E-state index contributed by atoms with van der Waals surface area (Å²) in [6.07, 6.45) is 5.26. The Morgan fingerprint density at radius 2 is 1.89 bits per heavy atom. The number of ether oxygens (including phenoxy) is 1. The predicted molar refractivity (Wildman–Crippen MR) is 102 cm³/mol. The van der Waals surface area contributed by atoms with E-state index in [0.29, 0.717) is 43.4 Å². The van der Waals surface area contributed by atoms with Gasteiger partial charge in [-0.3, -0.25) is 9.48 Å². The van der Waals surface area contributed by atoms with Gasteiger partial charge in [-0.2, -0.15) is 5.10 Å². The van der Waals surface area contributed by atoms with Gasteiger partial charge in [-0.25, -0.2) is 14.6 Å². The Balaban J connectivity index is 1.48. The third-order valence-corrected chi connectivity index (χ3v) is 4.66. The molecule has 0 bridgehead atoms. The first-order chi connectivity index (χ1) is 13.5. The van der Waals surface area contributed by atoms with Crippen molar-refractivity contribution in [2.45, 2.75) is 6.92 Å². The van der Waals surface area contributed by atoms with Crippen molar-refractivity contribution in [2.75, 3.05) is 38.2 Å². The maximum atomic E-state index is 12.8.